The minimum absolute atomic E-state index is 0.0937. The van der Waals surface area contributed by atoms with Crippen LogP contribution in [0.5, 0.6) is 0 Å². The van der Waals surface area contributed by atoms with Crippen LogP contribution in [-0.4, -0.2) is 26.4 Å². The van der Waals surface area contributed by atoms with Gasteiger partial charge in [0.25, 0.3) is 0 Å². The van der Waals surface area contributed by atoms with E-state index in [4.69, 9.17) is 0 Å². The molecular weight excluding hydrogens is 510 g/mol. The first kappa shape index (κ1) is 16.4. The van der Waals surface area contributed by atoms with Crippen molar-refractivity contribution in [2.45, 2.75) is 38.8 Å². The summed E-state index contributed by atoms with van der Waals surface area (Å²) >= 11 is 4.47. The van der Waals surface area contributed by atoms with Gasteiger partial charge in [-0.3, -0.25) is 5.21 Å². The van der Waals surface area contributed by atoms with Crippen LogP contribution in [-0.2, 0) is 5.21 Å². The van der Waals surface area contributed by atoms with E-state index in [2.05, 4.69) is 55.2 Å². The van der Waals surface area contributed by atoms with Crippen LogP contribution in [0.2, 0.25) is 0 Å². The molecule has 0 spiro atoms. The summed E-state index contributed by atoms with van der Waals surface area (Å²) in [6.07, 6.45) is 0. The maximum Gasteiger partial charge on any atom is 0.202 e. The quantitative estimate of drug-likeness (QED) is 0.529. The van der Waals surface area contributed by atoms with E-state index in [-0.39, 0.29) is 11.6 Å². The highest BCUT2D eigenvalue weighted by Gasteiger charge is 2.57. The zero-order chi connectivity index (χ0) is 16.4. The lowest BCUT2D eigenvalue weighted by molar-refractivity contribution is -0.182. The lowest BCUT2D eigenvalue weighted by Crippen LogP contribution is -2.52. The molecule has 8 heteroatoms. The molecule has 0 bridgehead atoms. The third-order valence-electron chi connectivity index (χ3n) is 4.60. The van der Waals surface area contributed by atoms with Crippen LogP contribution in [0, 0.1) is 7.14 Å². The Hall–Kier alpha value is -0.460. The van der Waals surface area contributed by atoms with Crippen molar-refractivity contribution in [3.63, 3.8) is 0 Å². The molecule has 1 N–H and O–H groups in total. The van der Waals surface area contributed by atoms with Crippen molar-refractivity contribution in [3.05, 3.63) is 41.6 Å². The predicted octanol–water partition coefficient (Wildman–Crippen LogP) is 2.18. The molecule has 0 amide bonds. The van der Waals surface area contributed by atoms with Gasteiger partial charge in [0.05, 0.1) is 21.8 Å². The molecule has 1 saturated heterocycles. The molecule has 0 aromatic heterocycles. The summed E-state index contributed by atoms with van der Waals surface area (Å²) < 4.78 is 2.16. The van der Waals surface area contributed by atoms with Gasteiger partial charge in [0.1, 0.15) is 0 Å². The van der Waals surface area contributed by atoms with Crippen LogP contribution in [0.4, 0.5) is 0 Å². The maximum absolute atomic E-state index is 12.7. The molecule has 0 saturated carbocycles. The molecule has 1 radical (unpaired) electrons. The Morgan fingerprint density at radius 3 is 1.82 bits per heavy atom. The number of fused-ring (bicyclic) bond motifs is 1. The minimum atomic E-state index is -0.799. The van der Waals surface area contributed by atoms with Crippen molar-refractivity contribution >= 4 is 45.2 Å². The van der Waals surface area contributed by atoms with E-state index >= 15 is 0 Å². The van der Waals surface area contributed by atoms with Gasteiger partial charge in [0.15, 0.2) is 5.82 Å². The summed E-state index contributed by atoms with van der Waals surface area (Å²) in [7, 11) is 0. The third-order valence-corrected chi connectivity index (χ3v) is 7.41. The second-order valence-electron chi connectivity index (χ2n) is 6.35. The van der Waals surface area contributed by atoms with Crippen molar-refractivity contribution in [3.8, 4) is 0 Å². The number of rotatable bonds is 0. The smallest absolute Gasteiger partial charge is 0.202 e. The summed E-state index contributed by atoms with van der Waals surface area (Å²) in [5, 5.41) is 26.4. The van der Waals surface area contributed by atoms with E-state index in [0.717, 1.165) is 28.0 Å². The summed E-state index contributed by atoms with van der Waals surface area (Å²) in [5.41, 5.74) is -1.55. The highest BCUT2D eigenvalue weighted by Crippen LogP contribution is 2.44. The second kappa shape index (κ2) is 5.02. The van der Waals surface area contributed by atoms with Gasteiger partial charge in [-0.05, 0) is 85.0 Å². The molecule has 2 aliphatic rings. The maximum atomic E-state index is 12.7. The lowest BCUT2D eigenvalue weighted by Gasteiger charge is -2.36. The van der Waals surface area contributed by atoms with Gasteiger partial charge in [0.2, 0.25) is 5.82 Å². The van der Waals surface area contributed by atoms with Crippen molar-refractivity contribution in [1.82, 2.24) is 10.1 Å². The molecular formula is C14H15I2N4O2. The summed E-state index contributed by atoms with van der Waals surface area (Å²) in [6.45, 7) is 7.23. The standard InChI is InChI=1S/C14H15I2N4O2/c1-13(2)14(3,4)20(22)12(19(13)21)11-17-9-5-7(15)8(16)6-10(9)18-11/h5-6,21H,1-4H3. The summed E-state index contributed by atoms with van der Waals surface area (Å²) in [4.78, 5) is 8.86. The number of benzene rings is 1. The first-order chi connectivity index (χ1) is 10.1. The molecule has 1 aromatic carbocycles. The van der Waals surface area contributed by atoms with Crippen LogP contribution in [0.1, 0.15) is 27.7 Å². The molecule has 1 fully saturated rings. The monoisotopic (exact) mass is 525 g/mol. The fourth-order valence-electron chi connectivity index (χ4n) is 2.37. The van der Waals surface area contributed by atoms with Crippen LogP contribution in [0.3, 0.4) is 0 Å². The number of hydrogen-bond acceptors (Lipinski definition) is 5. The van der Waals surface area contributed by atoms with Crippen LogP contribution >= 0.6 is 45.2 Å². The summed E-state index contributed by atoms with van der Waals surface area (Å²) in [6, 6.07) is 3.85. The fraction of sp³-hybridized carbons (Fsp3) is 0.429. The van der Waals surface area contributed by atoms with Gasteiger partial charge in [-0.2, -0.15) is 5.06 Å². The van der Waals surface area contributed by atoms with E-state index in [9.17, 15) is 10.4 Å². The zero-order valence-corrected chi connectivity index (χ0v) is 16.9. The van der Waals surface area contributed by atoms with Crippen molar-refractivity contribution in [1.29, 1.82) is 0 Å². The topological polar surface area (TPSA) is 71.3 Å². The Morgan fingerprint density at radius 1 is 1.00 bits per heavy atom. The molecule has 2 heterocycles. The Morgan fingerprint density at radius 2 is 1.45 bits per heavy atom. The molecule has 22 heavy (non-hydrogen) atoms. The van der Waals surface area contributed by atoms with Gasteiger partial charge < -0.3 is 0 Å². The first-order valence-electron chi connectivity index (χ1n) is 6.70. The van der Waals surface area contributed by atoms with E-state index in [1.54, 1.807) is 13.8 Å². The van der Waals surface area contributed by atoms with Gasteiger partial charge in [-0.15, -0.1) is 0 Å². The van der Waals surface area contributed by atoms with Crippen LogP contribution in [0.15, 0.2) is 33.8 Å². The molecule has 0 aliphatic carbocycles. The first-order valence-corrected chi connectivity index (χ1v) is 8.86. The number of hydroxylamine groups is 4. The third kappa shape index (κ3) is 2.10. The van der Waals surface area contributed by atoms with Gasteiger partial charge >= 0.3 is 0 Å². The SMILES string of the molecule is CC1(C)N([O])C(=C2N=c3cc(I)c(I)cc3=N2)N(O)C1(C)C. The predicted molar refractivity (Wildman–Crippen MR) is 95.5 cm³/mol. The average molecular weight is 525 g/mol. The van der Waals surface area contributed by atoms with Crippen LogP contribution < -0.4 is 10.7 Å². The van der Waals surface area contributed by atoms with E-state index in [0.29, 0.717) is 0 Å². The Balaban J connectivity index is 2.23. The molecule has 2 aliphatic heterocycles. The lowest BCUT2D eigenvalue weighted by atomic mass is 9.84. The van der Waals surface area contributed by atoms with Gasteiger partial charge in [0, 0.05) is 7.14 Å². The largest absolute Gasteiger partial charge is 0.286 e. The minimum Gasteiger partial charge on any atom is -0.286 e. The Labute approximate surface area is 155 Å². The van der Waals surface area contributed by atoms with Crippen molar-refractivity contribution < 1.29 is 10.4 Å². The second-order valence-corrected chi connectivity index (χ2v) is 8.67. The van der Waals surface area contributed by atoms with Gasteiger partial charge in [-0.25, -0.2) is 15.0 Å². The van der Waals surface area contributed by atoms with Crippen molar-refractivity contribution in [2.75, 3.05) is 0 Å². The Kier molecular flexibility index (Phi) is 3.74. The molecule has 6 nitrogen and oxygen atoms in total. The van der Waals surface area contributed by atoms with Gasteiger partial charge in [-0.1, -0.05) is 5.21 Å². The molecule has 3 rings (SSSR count). The van der Waals surface area contributed by atoms with E-state index in [1.807, 2.05) is 26.0 Å². The summed E-state index contributed by atoms with van der Waals surface area (Å²) in [5.74, 6) is 0.347. The Bertz CT molecular complexity index is 752. The molecule has 1 aromatic rings. The fourth-order valence-corrected chi connectivity index (χ4v) is 3.27. The number of halogens is 2. The number of nitrogens with zero attached hydrogens (tertiary/aromatic N) is 4. The molecule has 117 valence electrons. The molecule has 0 unspecified atom stereocenters. The van der Waals surface area contributed by atoms with E-state index in [1.165, 1.54) is 0 Å². The number of hydrogen-bond donors (Lipinski definition) is 1. The zero-order valence-electron chi connectivity index (χ0n) is 12.6. The van der Waals surface area contributed by atoms with E-state index < -0.39 is 11.1 Å². The highest BCUT2D eigenvalue weighted by atomic mass is 127. The highest BCUT2D eigenvalue weighted by molar-refractivity contribution is 14.1. The van der Waals surface area contributed by atoms with Crippen molar-refractivity contribution in [2.24, 2.45) is 9.98 Å². The normalized spacial score (nSPS) is 21.8. The average Bonchev–Trinajstić information content (AvgIpc) is 2.85. The van der Waals surface area contributed by atoms with Crippen LogP contribution in [0.25, 0.3) is 0 Å². The molecule has 0 atom stereocenters.